The number of nitrogens with zero attached hydrogens (tertiary/aromatic N) is 2. The van der Waals surface area contributed by atoms with E-state index < -0.39 is 7.12 Å². The number of rotatable bonds is 4. The molecule has 5 heteroatoms. The fraction of sp³-hybridized carbons (Fsp3) is 0. The van der Waals surface area contributed by atoms with E-state index in [9.17, 15) is 10.0 Å². The van der Waals surface area contributed by atoms with Crippen molar-refractivity contribution in [1.82, 2.24) is 9.97 Å². The molecule has 4 rings (SSSR count). The Morgan fingerprint density at radius 1 is 0.556 bits per heavy atom. The molecule has 0 bridgehead atoms. The van der Waals surface area contributed by atoms with Crippen LogP contribution in [-0.4, -0.2) is 27.1 Å². The second-order valence-corrected chi connectivity index (χ2v) is 6.19. The van der Waals surface area contributed by atoms with E-state index in [1.807, 2.05) is 66.7 Å². The van der Waals surface area contributed by atoms with Gasteiger partial charge in [-0.3, -0.25) is 0 Å². The second kappa shape index (κ2) is 7.54. The predicted octanol–water partition coefficient (Wildman–Crippen LogP) is 3.16. The van der Waals surface area contributed by atoms with Crippen molar-refractivity contribution < 1.29 is 10.0 Å². The van der Waals surface area contributed by atoms with Gasteiger partial charge in [0.15, 0.2) is 5.82 Å². The second-order valence-electron chi connectivity index (χ2n) is 6.19. The third-order valence-electron chi connectivity index (χ3n) is 4.33. The lowest BCUT2D eigenvalue weighted by Crippen LogP contribution is -2.29. The lowest BCUT2D eigenvalue weighted by molar-refractivity contribution is 0.426. The Labute approximate surface area is 158 Å². The summed E-state index contributed by atoms with van der Waals surface area (Å²) in [7, 11) is -1.49. The molecule has 0 spiro atoms. The van der Waals surface area contributed by atoms with Crippen molar-refractivity contribution in [1.29, 1.82) is 0 Å². The minimum Gasteiger partial charge on any atom is -0.423 e. The van der Waals surface area contributed by atoms with E-state index in [0.717, 1.165) is 28.1 Å². The maximum Gasteiger partial charge on any atom is 0.488 e. The summed E-state index contributed by atoms with van der Waals surface area (Å²) in [4.78, 5) is 9.48. The standard InChI is InChI=1S/C22H17BN2O2/c26-23(27)19-13-11-18(12-14-19)22-24-20(16-7-3-1-4-8-16)15-21(25-22)17-9-5-2-6-10-17/h1-15,26-27H. The maximum absolute atomic E-state index is 9.30. The van der Waals surface area contributed by atoms with Gasteiger partial charge >= 0.3 is 7.12 Å². The zero-order valence-electron chi connectivity index (χ0n) is 14.5. The molecule has 0 radical (unpaired) electrons. The first kappa shape index (κ1) is 17.2. The van der Waals surface area contributed by atoms with Crippen LogP contribution in [0.1, 0.15) is 0 Å². The van der Waals surface area contributed by atoms with Crippen LogP contribution in [0.4, 0.5) is 0 Å². The molecule has 0 saturated carbocycles. The maximum atomic E-state index is 9.30. The van der Waals surface area contributed by atoms with Gasteiger partial charge in [0.1, 0.15) is 0 Å². The van der Waals surface area contributed by atoms with Gasteiger partial charge in [-0.25, -0.2) is 9.97 Å². The Morgan fingerprint density at radius 2 is 1.04 bits per heavy atom. The molecule has 4 aromatic rings. The Morgan fingerprint density at radius 3 is 1.48 bits per heavy atom. The SMILES string of the molecule is OB(O)c1ccc(-c2nc(-c3ccccc3)cc(-c3ccccc3)n2)cc1. The van der Waals surface area contributed by atoms with Crippen molar-refractivity contribution in [3.05, 3.63) is 91.0 Å². The fourth-order valence-corrected chi connectivity index (χ4v) is 2.89. The zero-order chi connectivity index (χ0) is 18.6. The molecule has 4 nitrogen and oxygen atoms in total. The Balaban J connectivity index is 1.85. The summed E-state index contributed by atoms with van der Waals surface area (Å²) in [6.45, 7) is 0. The van der Waals surface area contributed by atoms with Gasteiger partial charge in [-0.2, -0.15) is 0 Å². The highest BCUT2D eigenvalue weighted by molar-refractivity contribution is 6.58. The van der Waals surface area contributed by atoms with Gasteiger partial charge in [-0.15, -0.1) is 0 Å². The number of hydrogen-bond acceptors (Lipinski definition) is 4. The molecule has 2 N–H and O–H groups in total. The van der Waals surface area contributed by atoms with Crippen molar-refractivity contribution in [2.75, 3.05) is 0 Å². The fourth-order valence-electron chi connectivity index (χ4n) is 2.89. The number of aromatic nitrogens is 2. The molecule has 0 unspecified atom stereocenters. The molecule has 0 fully saturated rings. The Bertz CT molecular complexity index is 979. The minimum absolute atomic E-state index is 0.432. The van der Waals surface area contributed by atoms with Crippen LogP contribution in [-0.2, 0) is 0 Å². The van der Waals surface area contributed by atoms with Gasteiger partial charge < -0.3 is 10.0 Å². The first-order valence-electron chi connectivity index (χ1n) is 8.67. The Hall–Kier alpha value is -3.28. The number of benzene rings is 3. The summed E-state index contributed by atoms with van der Waals surface area (Å²) >= 11 is 0. The molecule has 0 aliphatic rings. The van der Waals surface area contributed by atoms with E-state index in [1.54, 1.807) is 24.3 Å². The smallest absolute Gasteiger partial charge is 0.423 e. The van der Waals surface area contributed by atoms with Crippen molar-refractivity contribution in [2.24, 2.45) is 0 Å². The molecule has 0 amide bonds. The largest absolute Gasteiger partial charge is 0.488 e. The van der Waals surface area contributed by atoms with Crippen LogP contribution in [0.5, 0.6) is 0 Å². The average Bonchev–Trinajstić information content (AvgIpc) is 2.75. The zero-order valence-corrected chi connectivity index (χ0v) is 14.5. The van der Waals surface area contributed by atoms with Crippen LogP contribution in [0.2, 0.25) is 0 Å². The van der Waals surface area contributed by atoms with Crippen LogP contribution in [0.25, 0.3) is 33.9 Å². The highest BCUT2D eigenvalue weighted by Gasteiger charge is 2.13. The molecule has 3 aromatic carbocycles. The predicted molar refractivity (Wildman–Crippen MR) is 108 cm³/mol. The summed E-state index contributed by atoms with van der Waals surface area (Å²) < 4.78 is 0. The van der Waals surface area contributed by atoms with Crippen molar-refractivity contribution >= 4 is 12.6 Å². The third kappa shape index (κ3) is 3.79. The molecule has 0 atom stereocenters. The number of hydrogen-bond donors (Lipinski definition) is 2. The summed E-state index contributed by atoms with van der Waals surface area (Å²) in [5, 5.41) is 18.6. The normalized spacial score (nSPS) is 10.6. The molecule has 0 aliphatic heterocycles. The topological polar surface area (TPSA) is 66.2 Å². The summed E-state index contributed by atoms with van der Waals surface area (Å²) in [6, 6.07) is 28.9. The lowest BCUT2D eigenvalue weighted by atomic mass is 9.80. The van der Waals surface area contributed by atoms with E-state index in [4.69, 9.17) is 9.97 Å². The van der Waals surface area contributed by atoms with Crippen molar-refractivity contribution in [3.8, 4) is 33.9 Å². The van der Waals surface area contributed by atoms with Crippen LogP contribution in [0.15, 0.2) is 91.0 Å². The first-order chi connectivity index (χ1) is 13.2. The molecule has 27 heavy (non-hydrogen) atoms. The third-order valence-corrected chi connectivity index (χ3v) is 4.33. The minimum atomic E-state index is -1.49. The first-order valence-corrected chi connectivity index (χ1v) is 8.67. The van der Waals surface area contributed by atoms with E-state index >= 15 is 0 Å². The molecule has 0 aliphatic carbocycles. The summed E-state index contributed by atoms with van der Waals surface area (Å²) in [6.07, 6.45) is 0. The van der Waals surface area contributed by atoms with Crippen LogP contribution >= 0.6 is 0 Å². The molecular weight excluding hydrogens is 335 g/mol. The van der Waals surface area contributed by atoms with E-state index in [1.165, 1.54) is 0 Å². The highest BCUT2D eigenvalue weighted by atomic mass is 16.4. The summed E-state index contributed by atoms with van der Waals surface area (Å²) in [5.74, 6) is 0.592. The van der Waals surface area contributed by atoms with Gasteiger partial charge in [0.25, 0.3) is 0 Å². The Kier molecular flexibility index (Phi) is 4.79. The molecule has 0 saturated heterocycles. The lowest BCUT2D eigenvalue weighted by Gasteiger charge is -2.09. The molecular formula is C22H17BN2O2. The highest BCUT2D eigenvalue weighted by Crippen LogP contribution is 2.27. The quantitative estimate of drug-likeness (QED) is 0.554. The van der Waals surface area contributed by atoms with Gasteiger partial charge in [0, 0.05) is 16.7 Å². The summed E-state index contributed by atoms with van der Waals surface area (Å²) in [5.41, 5.74) is 4.95. The van der Waals surface area contributed by atoms with Crippen LogP contribution in [0.3, 0.4) is 0 Å². The molecule has 1 heterocycles. The van der Waals surface area contributed by atoms with E-state index in [-0.39, 0.29) is 0 Å². The molecule has 1 aromatic heterocycles. The van der Waals surface area contributed by atoms with Crippen LogP contribution < -0.4 is 5.46 Å². The van der Waals surface area contributed by atoms with Crippen molar-refractivity contribution in [2.45, 2.75) is 0 Å². The van der Waals surface area contributed by atoms with Gasteiger partial charge in [-0.1, -0.05) is 84.9 Å². The van der Waals surface area contributed by atoms with Gasteiger partial charge in [0.2, 0.25) is 0 Å². The van der Waals surface area contributed by atoms with Crippen molar-refractivity contribution in [3.63, 3.8) is 0 Å². The van der Waals surface area contributed by atoms with E-state index in [2.05, 4.69) is 0 Å². The monoisotopic (exact) mass is 352 g/mol. The molecule has 130 valence electrons. The van der Waals surface area contributed by atoms with Gasteiger partial charge in [-0.05, 0) is 11.5 Å². The van der Waals surface area contributed by atoms with Gasteiger partial charge in [0.05, 0.1) is 11.4 Å². The average molecular weight is 352 g/mol. The van der Waals surface area contributed by atoms with Crippen LogP contribution in [0, 0.1) is 0 Å². The van der Waals surface area contributed by atoms with E-state index in [0.29, 0.717) is 11.3 Å².